The summed E-state index contributed by atoms with van der Waals surface area (Å²) in [7, 11) is -5.61. The third kappa shape index (κ3) is 7.43. The summed E-state index contributed by atoms with van der Waals surface area (Å²) in [5.74, 6) is 0.199. The molecule has 10 nitrogen and oxygen atoms in total. The second-order valence-electron chi connectivity index (χ2n) is 7.25. The Morgan fingerprint density at radius 2 is 1.65 bits per heavy atom. The highest BCUT2D eigenvalue weighted by atomic mass is 35.5. The van der Waals surface area contributed by atoms with Crippen LogP contribution in [0, 0.1) is 10.1 Å². The lowest BCUT2D eigenvalue weighted by Gasteiger charge is -2.23. The minimum atomic E-state index is -4.49. The van der Waals surface area contributed by atoms with E-state index in [1.807, 2.05) is 4.90 Å². The quantitative estimate of drug-likeness (QED) is 0.145. The first-order chi connectivity index (χ1) is 15.9. The van der Waals surface area contributed by atoms with E-state index in [1.165, 1.54) is 37.7 Å². The summed E-state index contributed by atoms with van der Waals surface area (Å²) in [6.07, 6.45) is -0.419. The zero-order valence-electron chi connectivity index (χ0n) is 18.5. The number of hydrogen-bond acceptors (Lipinski definition) is 9. The fourth-order valence-electron chi connectivity index (χ4n) is 3.08. The predicted octanol–water partition coefficient (Wildman–Crippen LogP) is 3.67. The Labute approximate surface area is 213 Å². The van der Waals surface area contributed by atoms with E-state index in [9.17, 15) is 26.9 Å². The third-order valence-corrected chi connectivity index (χ3v) is 9.55. The normalized spacial score (nSPS) is 13.1. The van der Waals surface area contributed by atoms with Crippen LogP contribution in [0.5, 0.6) is 5.75 Å². The van der Waals surface area contributed by atoms with Crippen LogP contribution in [0.4, 0.5) is 10.7 Å². The molecular formula is C19H25Cl2N3O7S3. The number of nitro groups is 1. The second kappa shape index (κ2) is 12.4. The van der Waals surface area contributed by atoms with Crippen molar-refractivity contribution in [2.75, 3.05) is 49.6 Å². The number of sulfonamides is 1. The van der Waals surface area contributed by atoms with Crippen LogP contribution in [-0.2, 0) is 20.1 Å². The predicted molar refractivity (Wildman–Crippen MR) is 135 cm³/mol. The highest BCUT2D eigenvalue weighted by Crippen LogP contribution is 2.38. The van der Waals surface area contributed by atoms with Gasteiger partial charge >= 0.3 is 15.1 Å². The Balaban J connectivity index is 2.36. The number of anilines is 1. The molecule has 0 aliphatic heterocycles. The van der Waals surface area contributed by atoms with Gasteiger partial charge in [-0.2, -0.15) is 8.42 Å². The van der Waals surface area contributed by atoms with Gasteiger partial charge in [-0.05, 0) is 42.1 Å². The zero-order valence-corrected chi connectivity index (χ0v) is 22.4. The number of benzene rings is 1. The molecule has 0 bridgehead atoms. The molecule has 0 saturated carbocycles. The molecule has 15 heteroatoms. The number of hydrogen-bond donors (Lipinski definition) is 0. The molecule has 1 unspecified atom stereocenters. The molecule has 0 aliphatic rings. The molecule has 1 aromatic carbocycles. The van der Waals surface area contributed by atoms with Gasteiger partial charge in [0.05, 0.1) is 16.2 Å². The maximum absolute atomic E-state index is 13.2. The van der Waals surface area contributed by atoms with E-state index in [0.29, 0.717) is 24.8 Å². The molecule has 0 N–H and O–H groups in total. The van der Waals surface area contributed by atoms with Crippen LogP contribution >= 0.6 is 34.5 Å². The lowest BCUT2D eigenvalue weighted by atomic mass is 10.2. The maximum Gasteiger partial charge on any atom is 0.328 e. The lowest BCUT2D eigenvalue weighted by Crippen LogP contribution is -2.28. The summed E-state index contributed by atoms with van der Waals surface area (Å²) < 4.78 is 57.1. The fourth-order valence-corrected chi connectivity index (χ4v) is 6.79. The zero-order chi connectivity index (χ0) is 25.5. The van der Waals surface area contributed by atoms with Crippen molar-refractivity contribution in [3.8, 4) is 5.75 Å². The van der Waals surface area contributed by atoms with Crippen molar-refractivity contribution in [3.05, 3.63) is 51.4 Å². The highest BCUT2D eigenvalue weighted by Gasteiger charge is 2.37. The molecule has 34 heavy (non-hydrogen) atoms. The van der Waals surface area contributed by atoms with Gasteiger partial charge in [0.25, 0.3) is 0 Å². The van der Waals surface area contributed by atoms with E-state index in [4.69, 9.17) is 27.4 Å². The summed E-state index contributed by atoms with van der Waals surface area (Å²) >= 11 is 12.4. The number of alkyl halides is 2. The number of halogens is 2. The molecule has 1 atom stereocenters. The van der Waals surface area contributed by atoms with Crippen molar-refractivity contribution in [1.29, 1.82) is 0 Å². The molecule has 0 amide bonds. The molecule has 1 aromatic heterocycles. The Bertz CT molecular complexity index is 1160. The Hall–Kier alpha value is -1.64. The molecule has 0 spiro atoms. The Morgan fingerprint density at radius 1 is 1.06 bits per heavy atom. The van der Waals surface area contributed by atoms with Crippen molar-refractivity contribution >= 4 is 65.4 Å². The van der Waals surface area contributed by atoms with Gasteiger partial charge in [-0.3, -0.25) is 10.1 Å². The van der Waals surface area contributed by atoms with Crippen molar-refractivity contribution in [2.45, 2.75) is 11.7 Å². The fraction of sp³-hybridized carbons (Fsp3) is 0.474. The number of thiophene rings is 1. The summed E-state index contributed by atoms with van der Waals surface area (Å²) in [6, 6.07) is 7.47. The summed E-state index contributed by atoms with van der Waals surface area (Å²) in [5.41, 5.74) is 0.643. The first-order valence-corrected chi connectivity index (χ1v) is 15.0. The second-order valence-corrected chi connectivity index (χ2v) is 12.9. The number of nitrogens with zero attached hydrogens (tertiary/aromatic N) is 3. The summed E-state index contributed by atoms with van der Waals surface area (Å²) in [6.45, 7) is 1.08. The SMILES string of the molecule is CN(C)S(=O)(=O)CCC(c1ccsc1[N+](=O)[O-])S(=O)(=O)Oc1ccc(N(CCCl)CCCl)cc1. The van der Waals surface area contributed by atoms with E-state index in [2.05, 4.69) is 0 Å². The van der Waals surface area contributed by atoms with E-state index in [-0.39, 0.29) is 16.3 Å². The van der Waals surface area contributed by atoms with Gasteiger partial charge in [0.15, 0.2) is 0 Å². The maximum atomic E-state index is 13.2. The van der Waals surface area contributed by atoms with Crippen LogP contribution < -0.4 is 9.08 Å². The average Bonchev–Trinajstić information content (AvgIpc) is 3.23. The standard InChI is InChI=1S/C19H25Cl2N3O7S3/c1-22(2)33(27,28)14-8-18(17-7-13-32-19(17)24(25)26)34(29,30)31-16-5-3-15(4-6-16)23(11-9-20)12-10-21/h3-7,13,18H,8-12,14H2,1-2H3. The van der Waals surface area contributed by atoms with E-state index in [0.717, 1.165) is 21.3 Å². The molecule has 1 heterocycles. The van der Waals surface area contributed by atoms with E-state index >= 15 is 0 Å². The van der Waals surface area contributed by atoms with Crippen molar-refractivity contribution in [3.63, 3.8) is 0 Å². The van der Waals surface area contributed by atoms with Gasteiger partial charge in [-0.25, -0.2) is 12.7 Å². The van der Waals surface area contributed by atoms with Crippen LogP contribution in [0.15, 0.2) is 35.7 Å². The minimum Gasteiger partial charge on any atom is -0.382 e. The van der Waals surface area contributed by atoms with Gasteiger partial charge in [0, 0.05) is 44.6 Å². The van der Waals surface area contributed by atoms with Gasteiger partial charge in [-0.1, -0.05) is 11.3 Å². The first-order valence-electron chi connectivity index (χ1n) is 9.95. The Morgan fingerprint density at radius 3 is 2.15 bits per heavy atom. The third-order valence-electron chi connectivity index (χ3n) is 4.85. The van der Waals surface area contributed by atoms with Crippen LogP contribution in [0.3, 0.4) is 0 Å². The molecule has 2 rings (SSSR count). The van der Waals surface area contributed by atoms with Crippen molar-refractivity contribution in [1.82, 2.24) is 4.31 Å². The minimum absolute atomic E-state index is 0.0150. The molecule has 0 radical (unpaired) electrons. The largest absolute Gasteiger partial charge is 0.382 e. The molecule has 0 saturated heterocycles. The van der Waals surface area contributed by atoms with Gasteiger partial charge in [0.2, 0.25) is 10.0 Å². The van der Waals surface area contributed by atoms with Gasteiger partial charge in [-0.15, -0.1) is 23.2 Å². The van der Waals surface area contributed by atoms with Crippen LogP contribution in [0.1, 0.15) is 17.2 Å². The average molecular weight is 575 g/mol. The summed E-state index contributed by atoms with van der Waals surface area (Å²) in [4.78, 5) is 12.6. The van der Waals surface area contributed by atoms with Crippen molar-refractivity contribution < 1.29 is 25.9 Å². The lowest BCUT2D eigenvalue weighted by molar-refractivity contribution is -0.380. The highest BCUT2D eigenvalue weighted by molar-refractivity contribution is 7.89. The van der Waals surface area contributed by atoms with E-state index < -0.39 is 42.5 Å². The first kappa shape index (κ1) is 28.6. The summed E-state index contributed by atoms with van der Waals surface area (Å²) in [5, 5.41) is 10.9. The van der Waals surface area contributed by atoms with Gasteiger partial charge in [0.1, 0.15) is 11.0 Å². The Kier molecular flexibility index (Phi) is 10.4. The molecule has 190 valence electrons. The molecule has 0 fully saturated rings. The monoisotopic (exact) mass is 573 g/mol. The van der Waals surface area contributed by atoms with Gasteiger partial charge < -0.3 is 9.08 Å². The molecule has 0 aliphatic carbocycles. The molecular weight excluding hydrogens is 549 g/mol. The van der Waals surface area contributed by atoms with Crippen LogP contribution in [0.25, 0.3) is 0 Å². The van der Waals surface area contributed by atoms with Crippen molar-refractivity contribution in [2.24, 2.45) is 0 Å². The topological polar surface area (TPSA) is 127 Å². The smallest absolute Gasteiger partial charge is 0.328 e. The van der Waals surface area contributed by atoms with E-state index in [1.54, 1.807) is 12.1 Å². The van der Waals surface area contributed by atoms with Crippen LogP contribution in [0.2, 0.25) is 0 Å². The molecule has 2 aromatic rings. The van der Waals surface area contributed by atoms with Crippen LogP contribution in [-0.4, -0.2) is 70.8 Å². The number of rotatable bonds is 14.